The Bertz CT molecular complexity index is 814. The van der Waals surface area contributed by atoms with Crippen molar-refractivity contribution in [2.24, 2.45) is 5.92 Å². The molecule has 0 aromatic heterocycles. The van der Waals surface area contributed by atoms with Crippen LogP contribution in [0.5, 0.6) is 0 Å². The smallest absolute Gasteiger partial charge is 0.396 e. The van der Waals surface area contributed by atoms with E-state index in [0.717, 1.165) is 50.9 Å². The Balaban J connectivity index is 1.42. The van der Waals surface area contributed by atoms with Crippen LogP contribution in [0, 0.1) is 5.92 Å². The molecule has 1 aromatic rings. The van der Waals surface area contributed by atoms with Gasteiger partial charge in [-0.25, -0.2) is 0 Å². The minimum Gasteiger partial charge on any atom is -0.396 e. The molecule has 2 fully saturated rings. The predicted octanol–water partition coefficient (Wildman–Crippen LogP) is 3.61. The molecule has 2 heterocycles. The van der Waals surface area contributed by atoms with Gasteiger partial charge in [-0.15, -0.1) is 11.8 Å². The average molecular weight is 473 g/mol. The van der Waals surface area contributed by atoms with Crippen LogP contribution in [0.15, 0.2) is 17.0 Å². The predicted molar refractivity (Wildman–Crippen MR) is 116 cm³/mol. The number of benzene rings is 1. The number of fused-ring (bicyclic) bond motifs is 1. The molecule has 2 atom stereocenters. The van der Waals surface area contributed by atoms with Crippen LogP contribution in [0.25, 0.3) is 0 Å². The molecular formula is C23H31F3N2O3S. The van der Waals surface area contributed by atoms with E-state index < -0.39 is 11.7 Å². The maximum atomic E-state index is 13.4. The van der Waals surface area contributed by atoms with Crippen LogP contribution in [0.4, 0.5) is 13.2 Å². The Hall–Kier alpha value is -1.29. The van der Waals surface area contributed by atoms with E-state index in [1.807, 2.05) is 0 Å². The number of nitrogens with one attached hydrogen (secondary N) is 1. The highest BCUT2D eigenvalue weighted by Crippen LogP contribution is 2.38. The number of hydrogen-bond acceptors (Lipinski definition) is 5. The minimum absolute atomic E-state index is 0.0638. The molecule has 1 aromatic carbocycles. The van der Waals surface area contributed by atoms with E-state index >= 15 is 0 Å². The number of carbonyl (C=O) groups excluding carboxylic acids is 1. The Kier molecular flexibility index (Phi) is 7.69. The van der Waals surface area contributed by atoms with E-state index in [2.05, 4.69) is 5.32 Å². The zero-order chi connectivity index (χ0) is 22.7. The Morgan fingerprint density at radius 2 is 1.97 bits per heavy atom. The maximum Gasteiger partial charge on any atom is 0.416 e. The molecule has 1 saturated carbocycles. The monoisotopic (exact) mass is 472 g/mol. The molecule has 1 aliphatic carbocycles. The summed E-state index contributed by atoms with van der Waals surface area (Å²) in [5.41, 5.74) is 0.772. The lowest BCUT2D eigenvalue weighted by Gasteiger charge is -2.33. The lowest BCUT2D eigenvalue weighted by molar-refractivity contribution is -0.137. The first-order chi connectivity index (χ1) is 15.3. The number of thioether (sulfide) groups is 1. The highest BCUT2D eigenvalue weighted by atomic mass is 32.2. The Morgan fingerprint density at radius 3 is 2.69 bits per heavy atom. The summed E-state index contributed by atoms with van der Waals surface area (Å²) in [6.45, 7) is 2.21. The molecule has 2 unspecified atom stereocenters. The number of hydrogen-bond donors (Lipinski definition) is 2. The van der Waals surface area contributed by atoms with Crippen molar-refractivity contribution >= 4 is 17.7 Å². The fourth-order valence-electron chi connectivity index (χ4n) is 5.11. The quantitative estimate of drug-likeness (QED) is 0.620. The molecule has 0 spiro atoms. The molecule has 9 heteroatoms. The fourth-order valence-corrected chi connectivity index (χ4v) is 6.04. The number of nitrogens with zero attached hydrogens (tertiary/aromatic N) is 1. The van der Waals surface area contributed by atoms with Crippen molar-refractivity contribution in [2.75, 3.05) is 32.1 Å². The van der Waals surface area contributed by atoms with Crippen molar-refractivity contribution in [3.8, 4) is 0 Å². The van der Waals surface area contributed by atoms with Crippen molar-refractivity contribution in [3.63, 3.8) is 0 Å². The van der Waals surface area contributed by atoms with E-state index in [4.69, 9.17) is 9.84 Å². The molecule has 32 heavy (non-hydrogen) atoms. The number of halogens is 3. The first-order valence-electron chi connectivity index (χ1n) is 11.4. The molecule has 1 amide bonds. The maximum absolute atomic E-state index is 13.4. The fraction of sp³-hybridized carbons (Fsp3) is 0.696. The van der Waals surface area contributed by atoms with Crippen LogP contribution in [-0.4, -0.2) is 60.1 Å². The normalized spacial score (nSPS) is 24.6. The molecule has 3 aliphatic rings. The summed E-state index contributed by atoms with van der Waals surface area (Å²) in [4.78, 5) is 15.5. The molecule has 2 N–H and O–H groups in total. The molecule has 2 aliphatic heterocycles. The lowest BCUT2D eigenvalue weighted by atomic mass is 9.95. The van der Waals surface area contributed by atoms with Gasteiger partial charge in [0.1, 0.15) is 0 Å². The summed E-state index contributed by atoms with van der Waals surface area (Å²) < 4.78 is 45.7. The SMILES string of the molecule is O=C(C1CCC(NC2CCOCC2)C1)N1CCc2c(cc(C(F)(F)F)cc2SCCO)C1. The van der Waals surface area contributed by atoms with Crippen LogP contribution in [0.1, 0.15) is 48.8 Å². The van der Waals surface area contributed by atoms with Gasteiger partial charge in [-0.3, -0.25) is 4.79 Å². The van der Waals surface area contributed by atoms with E-state index in [0.29, 0.717) is 41.3 Å². The van der Waals surface area contributed by atoms with Gasteiger partial charge >= 0.3 is 6.18 Å². The molecular weight excluding hydrogens is 441 g/mol. The highest BCUT2D eigenvalue weighted by Gasteiger charge is 2.37. The van der Waals surface area contributed by atoms with Gasteiger partial charge in [0.05, 0.1) is 12.2 Å². The summed E-state index contributed by atoms with van der Waals surface area (Å²) in [7, 11) is 0. The number of alkyl halides is 3. The number of rotatable bonds is 6. The third kappa shape index (κ3) is 5.61. The molecule has 178 valence electrons. The molecule has 0 radical (unpaired) electrons. The zero-order valence-corrected chi connectivity index (χ0v) is 18.9. The Labute approximate surface area is 191 Å². The number of aliphatic hydroxyl groups excluding tert-OH is 1. The second-order valence-corrected chi connectivity index (χ2v) is 10.1. The van der Waals surface area contributed by atoms with Gasteiger partial charge in [0, 0.05) is 55.0 Å². The second-order valence-electron chi connectivity index (χ2n) is 8.95. The average Bonchev–Trinajstić information content (AvgIpc) is 3.24. The van der Waals surface area contributed by atoms with Crippen LogP contribution in [0.3, 0.4) is 0 Å². The topological polar surface area (TPSA) is 61.8 Å². The molecule has 4 rings (SSSR count). The summed E-state index contributed by atoms with van der Waals surface area (Å²) >= 11 is 1.25. The number of carbonyl (C=O) groups is 1. The van der Waals surface area contributed by atoms with E-state index in [1.54, 1.807) is 4.90 Å². The van der Waals surface area contributed by atoms with Gasteiger partial charge < -0.3 is 20.1 Å². The van der Waals surface area contributed by atoms with Crippen molar-refractivity contribution < 1.29 is 27.8 Å². The van der Waals surface area contributed by atoms with Crippen LogP contribution < -0.4 is 5.32 Å². The zero-order valence-electron chi connectivity index (χ0n) is 18.1. The lowest BCUT2D eigenvalue weighted by Crippen LogP contribution is -2.42. The first-order valence-corrected chi connectivity index (χ1v) is 12.4. The minimum atomic E-state index is -4.44. The van der Waals surface area contributed by atoms with Gasteiger partial charge in [0.15, 0.2) is 0 Å². The van der Waals surface area contributed by atoms with Gasteiger partial charge in [0.25, 0.3) is 0 Å². The number of amides is 1. The third-order valence-electron chi connectivity index (χ3n) is 6.76. The molecule has 5 nitrogen and oxygen atoms in total. The van der Waals surface area contributed by atoms with Gasteiger partial charge in [-0.2, -0.15) is 13.2 Å². The number of aliphatic hydroxyl groups is 1. The van der Waals surface area contributed by atoms with Crippen molar-refractivity contribution in [3.05, 3.63) is 28.8 Å². The van der Waals surface area contributed by atoms with Crippen molar-refractivity contribution in [2.45, 2.75) is 68.2 Å². The third-order valence-corrected chi connectivity index (χ3v) is 7.82. The Morgan fingerprint density at radius 1 is 1.19 bits per heavy atom. The summed E-state index contributed by atoms with van der Waals surface area (Å²) in [5.74, 6) is 0.344. The standard InChI is InChI=1S/C23H31F3N2O3S/c24-23(25,26)17-11-16-14-28(6-3-20(16)21(13-17)32-10-7-29)22(30)15-1-2-19(12-15)27-18-4-8-31-9-5-18/h11,13,15,18-19,27,29H,1-10,12,14H2. The second kappa shape index (κ2) is 10.3. The first kappa shape index (κ1) is 23.9. The molecule has 1 saturated heterocycles. The van der Waals surface area contributed by atoms with Crippen LogP contribution in [-0.2, 0) is 28.7 Å². The van der Waals surface area contributed by atoms with E-state index in [-0.39, 0.29) is 25.0 Å². The van der Waals surface area contributed by atoms with Crippen LogP contribution in [0.2, 0.25) is 0 Å². The summed E-state index contributed by atoms with van der Waals surface area (Å²) in [5, 5.41) is 12.8. The van der Waals surface area contributed by atoms with Gasteiger partial charge in [-0.1, -0.05) is 0 Å². The van der Waals surface area contributed by atoms with E-state index in [1.165, 1.54) is 23.9 Å². The largest absolute Gasteiger partial charge is 0.416 e. The van der Waals surface area contributed by atoms with Crippen molar-refractivity contribution in [1.29, 1.82) is 0 Å². The van der Waals surface area contributed by atoms with E-state index in [9.17, 15) is 18.0 Å². The molecule has 0 bridgehead atoms. The van der Waals surface area contributed by atoms with Crippen LogP contribution >= 0.6 is 11.8 Å². The highest BCUT2D eigenvalue weighted by molar-refractivity contribution is 7.99. The van der Waals surface area contributed by atoms with Gasteiger partial charge in [-0.05, 0) is 61.8 Å². The van der Waals surface area contributed by atoms with Crippen molar-refractivity contribution in [1.82, 2.24) is 10.2 Å². The summed E-state index contributed by atoms with van der Waals surface area (Å²) in [6, 6.07) is 3.14. The summed E-state index contributed by atoms with van der Waals surface area (Å²) in [6.07, 6.45) is 0.668. The van der Waals surface area contributed by atoms with Gasteiger partial charge in [0.2, 0.25) is 5.91 Å². The number of ether oxygens (including phenoxy) is 1.